The van der Waals surface area contributed by atoms with E-state index in [9.17, 15) is 0 Å². The van der Waals surface area contributed by atoms with Crippen molar-refractivity contribution in [2.24, 2.45) is 5.92 Å². The molecule has 4 heteroatoms. The van der Waals surface area contributed by atoms with Crippen molar-refractivity contribution in [2.45, 2.75) is 46.8 Å². The monoisotopic (exact) mass is 274 g/mol. The molecule has 0 saturated heterocycles. The van der Waals surface area contributed by atoms with E-state index in [-0.39, 0.29) is 0 Å². The molecule has 0 radical (unpaired) electrons. The molecule has 20 heavy (non-hydrogen) atoms. The first kappa shape index (κ1) is 14.9. The van der Waals surface area contributed by atoms with Crippen LogP contribution < -0.4 is 5.32 Å². The zero-order chi connectivity index (χ0) is 14.4. The summed E-state index contributed by atoms with van der Waals surface area (Å²) >= 11 is 0. The SMILES string of the molecule is CCCn1cncc1Cn1cccc1CNCC(C)C. The van der Waals surface area contributed by atoms with Gasteiger partial charge in [0.05, 0.1) is 18.6 Å². The van der Waals surface area contributed by atoms with Crippen LogP contribution in [0.25, 0.3) is 0 Å². The molecule has 0 bridgehead atoms. The average molecular weight is 274 g/mol. The summed E-state index contributed by atoms with van der Waals surface area (Å²) in [4.78, 5) is 4.27. The van der Waals surface area contributed by atoms with E-state index in [0.717, 1.165) is 32.6 Å². The summed E-state index contributed by atoms with van der Waals surface area (Å²) in [7, 11) is 0. The molecule has 0 aromatic carbocycles. The van der Waals surface area contributed by atoms with Gasteiger partial charge in [-0.3, -0.25) is 0 Å². The second-order valence-electron chi connectivity index (χ2n) is 5.73. The van der Waals surface area contributed by atoms with Crippen molar-refractivity contribution in [3.8, 4) is 0 Å². The number of imidazole rings is 1. The Hall–Kier alpha value is -1.55. The molecule has 2 heterocycles. The fraction of sp³-hybridized carbons (Fsp3) is 0.562. The quantitative estimate of drug-likeness (QED) is 0.803. The van der Waals surface area contributed by atoms with Crippen LogP contribution in [0.15, 0.2) is 30.9 Å². The van der Waals surface area contributed by atoms with Crippen LogP contribution in [0.5, 0.6) is 0 Å². The molecule has 0 amide bonds. The van der Waals surface area contributed by atoms with E-state index in [4.69, 9.17) is 0 Å². The Bertz CT molecular complexity index is 510. The fourth-order valence-electron chi connectivity index (χ4n) is 2.35. The van der Waals surface area contributed by atoms with Gasteiger partial charge in [0.15, 0.2) is 0 Å². The third-order valence-electron chi connectivity index (χ3n) is 3.38. The maximum atomic E-state index is 4.27. The Morgan fingerprint density at radius 2 is 2.10 bits per heavy atom. The van der Waals surface area contributed by atoms with Crippen LogP contribution in [0, 0.1) is 5.92 Å². The number of aryl methyl sites for hydroxylation is 1. The zero-order valence-corrected chi connectivity index (χ0v) is 12.8. The van der Waals surface area contributed by atoms with E-state index in [1.165, 1.54) is 11.4 Å². The van der Waals surface area contributed by atoms with Gasteiger partial charge in [-0.2, -0.15) is 0 Å². The number of hydrogen-bond acceptors (Lipinski definition) is 2. The Balaban J connectivity index is 1.99. The molecule has 2 aromatic rings. The largest absolute Gasteiger partial charge is 0.344 e. The Kier molecular flexibility index (Phi) is 5.41. The molecular formula is C16H26N4. The lowest BCUT2D eigenvalue weighted by Crippen LogP contribution is -2.21. The molecule has 0 aliphatic carbocycles. The number of aromatic nitrogens is 3. The van der Waals surface area contributed by atoms with Crippen molar-refractivity contribution in [3.05, 3.63) is 42.2 Å². The van der Waals surface area contributed by atoms with Crippen LogP contribution >= 0.6 is 0 Å². The smallest absolute Gasteiger partial charge is 0.0948 e. The summed E-state index contributed by atoms with van der Waals surface area (Å²) in [6.07, 6.45) is 7.19. The van der Waals surface area contributed by atoms with Gasteiger partial charge in [-0.1, -0.05) is 20.8 Å². The predicted octanol–water partition coefficient (Wildman–Crippen LogP) is 2.89. The van der Waals surface area contributed by atoms with Crippen LogP contribution in [0.4, 0.5) is 0 Å². The molecule has 0 aliphatic rings. The van der Waals surface area contributed by atoms with E-state index in [0.29, 0.717) is 5.92 Å². The molecule has 2 aromatic heterocycles. The van der Waals surface area contributed by atoms with Crippen molar-refractivity contribution in [2.75, 3.05) is 6.54 Å². The number of hydrogen-bond donors (Lipinski definition) is 1. The van der Waals surface area contributed by atoms with Crippen LogP contribution in [0.3, 0.4) is 0 Å². The summed E-state index contributed by atoms with van der Waals surface area (Å²) in [5.74, 6) is 0.685. The Morgan fingerprint density at radius 1 is 1.25 bits per heavy atom. The van der Waals surface area contributed by atoms with Gasteiger partial charge in [0.25, 0.3) is 0 Å². The van der Waals surface area contributed by atoms with Crippen molar-refractivity contribution >= 4 is 0 Å². The van der Waals surface area contributed by atoms with Gasteiger partial charge in [-0.15, -0.1) is 0 Å². The Labute approximate surface area is 121 Å². The van der Waals surface area contributed by atoms with E-state index >= 15 is 0 Å². The second-order valence-corrected chi connectivity index (χ2v) is 5.73. The maximum Gasteiger partial charge on any atom is 0.0948 e. The minimum absolute atomic E-state index is 0.685. The van der Waals surface area contributed by atoms with E-state index in [1.807, 2.05) is 12.5 Å². The van der Waals surface area contributed by atoms with Crippen LogP contribution in [0.2, 0.25) is 0 Å². The summed E-state index contributed by atoms with van der Waals surface area (Å²) in [6.45, 7) is 10.6. The van der Waals surface area contributed by atoms with Gasteiger partial charge in [-0.05, 0) is 31.0 Å². The topological polar surface area (TPSA) is 34.8 Å². The summed E-state index contributed by atoms with van der Waals surface area (Å²) < 4.78 is 4.54. The minimum atomic E-state index is 0.685. The number of nitrogens with one attached hydrogen (secondary N) is 1. The van der Waals surface area contributed by atoms with Gasteiger partial charge < -0.3 is 14.5 Å². The molecule has 110 valence electrons. The standard InChI is InChI=1S/C16H26N4/c1-4-7-20-13-18-11-16(20)12-19-8-5-6-15(19)10-17-9-14(2)3/h5-6,8,11,13-14,17H,4,7,9-10,12H2,1-3H3. The number of rotatable bonds is 8. The van der Waals surface area contributed by atoms with Crippen LogP contribution in [0.1, 0.15) is 38.6 Å². The summed E-state index contributed by atoms with van der Waals surface area (Å²) in [5, 5.41) is 3.50. The zero-order valence-electron chi connectivity index (χ0n) is 12.8. The summed E-state index contributed by atoms with van der Waals surface area (Å²) in [5.41, 5.74) is 2.60. The lowest BCUT2D eigenvalue weighted by Gasteiger charge is -2.13. The highest BCUT2D eigenvalue weighted by Gasteiger charge is 2.06. The number of nitrogens with zero attached hydrogens (tertiary/aromatic N) is 3. The highest BCUT2D eigenvalue weighted by Crippen LogP contribution is 2.09. The molecule has 0 aliphatic heterocycles. The molecule has 0 spiro atoms. The van der Waals surface area contributed by atoms with Crippen molar-refractivity contribution in [1.29, 1.82) is 0 Å². The normalized spacial score (nSPS) is 11.4. The van der Waals surface area contributed by atoms with Gasteiger partial charge in [0.2, 0.25) is 0 Å². The first-order valence-corrected chi connectivity index (χ1v) is 7.54. The van der Waals surface area contributed by atoms with E-state index < -0.39 is 0 Å². The van der Waals surface area contributed by atoms with E-state index in [2.05, 4.69) is 58.5 Å². The summed E-state index contributed by atoms with van der Waals surface area (Å²) in [6, 6.07) is 4.31. The third-order valence-corrected chi connectivity index (χ3v) is 3.38. The van der Waals surface area contributed by atoms with Crippen molar-refractivity contribution < 1.29 is 0 Å². The van der Waals surface area contributed by atoms with Crippen molar-refractivity contribution in [1.82, 2.24) is 19.4 Å². The van der Waals surface area contributed by atoms with Gasteiger partial charge in [0.1, 0.15) is 0 Å². The molecule has 0 unspecified atom stereocenters. The molecule has 0 fully saturated rings. The fourth-order valence-corrected chi connectivity index (χ4v) is 2.35. The molecule has 2 rings (SSSR count). The average Bonchev–Trinajstić information content (AvgIpc) is 3.01. The van der Waals surface area contributed by atoms with Crippen molar-refractivity contribution in [3.63, 3.8) is 0 Å². The first-order chi connectivity index (χ1) is 9.70. The van der Waals surface area contributed by atoms with Crippen LogP contribution in [-0.2, 0) is 19.6 Å². The van der Waals surface area contributed by atoms with Gasteiger partial charge in [0, 0.05) is 31.2 Å². The molecule has 0 atom stereocenters. The predicted molar refractivity (Wildman–Crippen MR) is 82.6 cm³/mol. The highest BCUT2D eigenvalue weighted by atomic mass is 15.1. The van der Waals surface area contributed by atoms with Gasteiger partial charge >= 0.3 is 0 Å². The molecular weight excluding hydrogens is 248 g/mol. The third kappa shape index (κ3) is 3.97. The lowest BCUT2D eigenvalue weighted by atomic mass is 10.2. The lowest BCUT2D eigenvalue weighted by molar-refractivity contribution is 0.535. The van der Waals surface area contributed by atoms with E-state index in [1.54, 1.807) is 0 Å². The maximum absolute atomic E-state index is 4.27. The molecule has 1 N–H and O–H groups in total. The molecule has 0 saturated carbocycles. The van der Waals surface area contributed by atoms with Gasteiger partial charge in [-0.25, -0.2) is 4.98 Å². The minimum Gasteiger partial charge on any atom is -0.344 e. The Morgan fingerprint density at radius 3 is 2.85 bits per heavy atom. The highest BCUT2D eigenvalue weighted by molar-refractivity contribution is 5.10. The first-order valence-electron chi connectivity index (χ1n) is 7.54. The van der Waals surface area contributed by atoms with Crippen LogP contribution in [-0.4, -0.2) is 20.7 Å². The molecule has 4 nitrogen and oxygen atoms in total. The second kappa shape index (κ2) is 7.29.